The van der Waals surface area contributed by atoms with E-state index in [9.17, 15) is 4.79 Å². The average molecular weight is 294 g/mol. The average Bonchev–Trinajstić information content (AvgIpc) is 2.35. The number of aliphatic hydroxyl groups is 2. The molecule has 7 heteroatoms. The molecule has 1 aromatic rings. The van der Waals surface area contributed by atoms with Gasteiger partial charge in [-0.05, 0) is 18.2 Å². The summed E-state index contributed by atoms with van der Waals surface area (Å²) in [6.07, 6.45) is 0. The van der Waals surface area contributed by atoms with E-state index >= 15 is 0 Å². The Hall–Kier alpha value is -1.01. The van der Waals surface area contributed by atoms with Crippen molar-refractivity contribution < 1.29 is 19.7 Å². The Balaban J connectivity index is 2.47. The molecule has 0 saturated carbocycles. The van der Waals surface area contributed by atoms with Gasteiger partial charge in [-0.2, -0.15) is 0 Å². The van der Waals surface area contributed by atoms with Gasteiger partial charge in [0.2, 0.25) is 0 Å². The van der Waals surface area contributed by atoms with Gasteiger partial charge in [-0.25, -0.2) is 0 Å². The van der Waals surface area contributed by atoms with Gasteiger partial charge >= 0.3 is 0 Å². The van der Waals surface area contributed by atoms with Gasteiger partial charge in [0.25, 0.3) is 5.91 Å². The first-order valence-electron chi connectivity index (χ1n) is 5.15. The largest absolute Gasteiger partial charge is 0.482 e. The minimum Gasteiger partial charge on any atom is -0.482 e. The summed E-state index contributed by atoms with van der Waals surface area (Å²) in [6.45, 7) is -0.953. The molecule has 0 radical (unpaired) electrons. The van der Waals surface area contributed by atoms with Gasteiger partial charge < -0.3 is 20.3 Å². The van der Waals surface area contributed by atoms with E-state index in [0.29, 0.717) is 15.8 Å². The summed E-state index contributed by atoms with van der Waals surface area (Å²) in [7, 11) is 0. The number of benzene rings is 1. The van der Waals surface area contributed by atoms with Crippen molar-refractivity contribution >= 4 is 29.1 Å². The van der Waals surface area contributed by atoms with E-state index in [0.717, 1.165) is 0 Å². The first-order chi connectivity index (χ1) is 8.56. The van der Waals surface area contributed by atoms with Gasteiger partial charge in [0.15, 0.2) is 6.61 Å². The van der Waals surface area contributed by atoms with Crippen LogP contribution in [0.4, 0.5) is 0 Å². The Labute approximate surface area is 114 Å². The highest BCUT2D eigenvalue weighted by molar-refractivity contribution is 6.35. The van der Waals surface area contributed by atoms with E-state index in [1.165, 1.54) is 6.07 Å². The van der Waals surface area contributed by atoms with Crippen LogP contribution in [0.2, 0.25) is 10.0 Å². The van der Waals surface area contributed by atoms with E-state index in [4.69, 9.17) is 38.2 Å². The topological polar surface area (TPSA) is 78.8 Å². The molecule has 0 saturated heterocycles. The Kier molecular flexibility index (Phi) is 6.21. The highest BCUT2D eigenvalue weighted by Crippen LogP contribution is 2.27. The fourth-order valence-electron chi connectivity index (χ4n) is 1.15. The van der Waals surface area contributed by atoms with E-state index in [-0.39, 0.29) is 19.8 Å². The second-order valence-corrected chi connectivity index (χ2v) is 4.34. The maximum absolute atomic E-state index is 11.4. The first-order valence-corrected chi connectivity index (χ1v) is 5.91. The Morgan fingerprint density at radius 3 is 2.56 bits per heavy atom. The molecule has 1 amide bonds. The predicted molar refractivity (Wildman–Crippen MR) is 68.1 cm³/mol. The third kappa shape index (κ3) is 4.70. The molecule has 0 atom stereocenters. The molecule has 100 valence electrons. The normalized spacial score (nSPS) is 10.5. The van der Waals surface area contributed by atoms with Crippen LogP contribution in [0.15, 0.2) is 18.2 Å². The van der Waals surface area contributed by atoms with Crippen molar-refractivity contribution in [2.75, 3.05) is 19.8 Å². The molecule has 0 aliphatic carbocycles. The zero-order valence-corrected chi connectivity index (χ0v) is 10.9. The van der Waals surface area contributed by atoms with Crippen molar-refractivity contribution in [3.8, 4) is 5.75 Å². The summed E-state index contributed by atoms with van der Waals surface area (Å²) in [5.41, 5.74) is 0. The molecule has 0 aromatic heterocycles. The Bertz CT molecular complexity index is 410. The van der Waals surface area contributed by atoms with Crippen LogP contribution in [0.1, 0.15) is 0 Å². The highest BCUT2D eigenvalue weighted by atomic mass is 35.5. The molecule has 0 bridgehead atoms. The Morgan fingerprint density at radius 2 is 2.00 bits per heavy atom. The monoisotopic (exact) mass is 293 g/mol. The number of ether oxygens (including phenoxy) is 1. The minimum atomic E-state index is -0.693. The number of rotatable bonds is 6. The SMILES string of the molecule is O=C(COc1ccc(Cl)cc1Cl)NC(CO)CO. The zero-order chi connectivity index (χ0) is 13.5. The number of halogens is 2. The molecule has 0 heterocycles. The molecule has 1 aromatic carbocycles. The van der Waals surface area contributed by atoms with Crippen LogP contribution >= 0.6 is 23.2 Å². The lowest BCUT2D eigenvalue weighted by Gasteiger charge is -2.14. The summed E-state index contributed by atoms with van der Waals surface area (Å²) in [5.74, 6) is -0.130. The van der Waals surface area contributed by atoms with Crippen LogP contribution in [0.5, 0.6) is 5.75 Å². The van der Waals surface area contributed by atoms with Crippen molar-refractivity contribution in [2.45, 2.75) is 6.04 Å². The van der Waals surface area contributed by atoms with E-state index in [1.54, 1.807) is 12.1 Å². The summed E-state index contributed by atoms with van der Waals surface area (Å²) in [4.78, 5) is 11.4. The molecule has 5 nitrogen and oxygen atoms in total. The smallest absolute Gasteiger partial charge is 0.258 e. The van der Waals surface area contributed by atoms with E-state index in [1.807, 2.05) is 0 Å². The van der Waals surface area contributed by atoms with Crippen LogP contribution in [-0.2, 0) is 4.79 Å². The van der Waals surface area contributed by atoms with Crippen LogP contribution in [0.25, 0.3) is 0 Å². The van der Waals surface area contributed by atoms with Crippen LogP contribution in [-0.4, -0.2) is 42.0 Å². The number of hydrogen-bond acceptors (Lipinski definition) is 4. The molecule has 3 N–H and O–H groups in total. The van der Waals surface area contributed by atoms with E-state index < -0.39 is 11.9 Å². The summed E-state index contributed by atoms with van der Waals surface area (Å²) < 4.78 is 5.18. The van der Waals surface area contributed by atoms with Crippen molar-refractivity contribution in [1.29, 1.82) is 0 Å². The third-order valence-electron chi connectivity index (χ3n) is 2.06. The molecule has 0 unspecified atom stereocenters. The summed E-state index contributed by atoms with van der Waals surface area (Å²) in [6, 6.07) is 3.95. The standard InChI is InChI=1S/C11H13Cl2NO4/c12-7-1-2-10(9(13)3-7)18-6-11(17)14-8(4-15)5-16/h1-3,8,15-16H,4-6H2,(H,14,17). The van der Waals surface area contributed by atoms with Gasteiger partial charge in [0.05, 0.1) is 24.3 Å². The second-order valence-electron chi connectivity index (χ2n) is 3.49. The number of carbonyl (C=O) groups is 1. The maximum Gasteiger partial charge on any atom is 0.258 e. The van der Waals surface area contributed by atoms with Gasteiger partial charge in [-0.15, -0.1) is 0 Å². The molecular formula is C11H13Cl2NO4. The lowest BCUT2D eigenvalue weighted by atomic mass is 10.3. The molecule has 1 rings (SSSR count). The van der Waals surface area contributed by atoms with Crippen LogP contribution < -0.4 is 10.1 Å². The Morgan fingerprint density at radius 1 is 1.33 bits per heavy atom. The van der Waals surface area contributed by atoms with Gasteiger partial charge in [0, 0.05) is 5.02 Å². The number of aliphatic hydroxyl groups excluding tert-OH is 2. The predicted octanol–water partition coefficient (Wildman–Crippen LogP) is 0.842. The van der Waals surface area contributed by atoms with Crippen LogP contribution in [0, 0.1) is 0 Å². The molecule has 0 spiro atoms. The molecular weight excluding hydrogens is 281 g/mol. The highest BCUT2D eigenvalue weighted by Gasteiger charge is 2.11. The quantitative estimate of drug-likeness (QED) is 0.726. The fraction of sp³-hybridized carbons (Fsp3) is 0.364. The second kappa shape index (κ2) is 7.43. The maximum atomic E-state index is 11.4. The van der Waals surface area contributed by atoms with Gasteiger partial charge in [-0.3, -0.25) is 4.79 Å². The fourth-order valence-corrected chi connectivity index (χ4v) is 1.62. The van der Waals surface area contributed by atoms with Crippen molar-refractivity contribution in [1.82, 2.24) is 5.32 Å². The lowest BCUT2D eigenvalue weighted by Crippen LogP contribution is -2.42. The number of carbonyl (C=O) groups excluding carboxylic acids is 1. The summed E-state index contributed by atoms with van der Waals surface area (Å²) >= 11 is 11.6. The number of nitrogens with one attached hydrogen (secondary N) is 1. The third-order valence-corrected chi connectivity index (χ3v) is 2.59. The van der Waals surface area contributed by atoms with Gasteiger partial charge in [0.1, 0.15) is 5.75 Å². The number of amides is 1. The lowest BCUT2D eigenvalue weighted by molar-refractivity contribution is -0.124. The molecule has 18 heavy (non-hydrogen) atoms. The van der Waals surface area contributed by atoms with Gasteiger partial charge in [-0.1, -0.05) is 23.2 Å². The van der Waals surface area contributed by atoms with Crippen LogP contribution in [0.3, 0.4) is 0 Å². The minimum absolute atomic E-state index is 0.266. The van der Waals surface area contributed by atoms with E-state index in [2.05, 4.69) is 5.32 Å². The molecule has 0 aliphatic rings. The van der Waals surface area contributed by atoms with Crippen molar-refractivity contribution in [3.05, 3.63) is 28.2 Å². The molecule has 0 fully saturated rings. The van der Waals surface area contributed by atoms with Crippen molar-refractivity contribution in [2.24, 2.45) is 0 Å². The molecule has 0 aliphatic heterocycles. The number of hydrogen-bond donors (Lipinski definition) is 3. The first kappa shape index (κ1) is 15.0. The van der Waals surface area contributed by atoms with Crippen molar-refractivity contribution in [3.63, 3.8) is 0 Å². The zero-order valence-electron chi connectivity index (χ0n) is 9.40. The summed E-state index contributed by atoms with van der Waals surface area (Å²) in [5, 5.41) is 20.7.